The second kappa shape index (κ2) is 1.96. The Hall–Kier alpha value is -0.530. The van der Waals surface area contributed by atoms with Crippen molar-refractivity contribution in [3.05, 3.63) is 0 Å². The quantitative estimate of drug-likeness (QED) is 0.409. The summed E-state index contributed by atoms with van der Waals surface area (Å²) in [6, 6.07) is 0. The van der Waals surface area contributed by atoms with Crippen molar-refractivity contribution in [2.24, 2.45) is 0 Å². The molecule has 0 spiro atoms. The standard InChI is InChI=1S/C5H9NO/c6-4-7-5-2-1-3-5/h4-6H,1-3H2. The zero-order valence-electron chi connectivity index (χ0n) is 4.18. The van der Waals surface area contributed by atoms with Gasteiger partial charge in [0, 0.05) is 0 Å². The molecular weight excluding hydrogens is 90.1 g/mol. The molecule has 0 amide bonds. The van der Waals surface area contributed by atoms with Crippen molar-refractivity contribution in [3.8, 4) is 0 Å². The first-order valence-corrected chi connectivity index (χ1v) is 2.58. The topological polar surface area (TPSA) is 33.1 Å². The summed E-state index contributed by atoms with van der Waals surface area (Å²) in [6.07, 6.45) is 4.99. The maximum atomic E-state index is 6.52. The van der Waals surface area contributed by atoms with E-state index >= 15 is 0 Å². The van der Waals surface area contributed by atoms with Crippen molar-refractivity contribution < 1.29 is 4.74 Å². The van der Waals surface area contributed by atoms with Gasteiger partial charge in [-0.3, -0.25) is 5.41 Å². The van der Waals surface area contributed by atoms with Crippen LogP contribution in [0.4, 0.5) is 0 Å². The lowest BCUT2D eigenvalue weighted by molar-refractivity contribution is 0.115. The highest BCUT2D eigenvalue weighted by Crippen LogP contribution is 2.20. The summed E-state index contributed by atoms with van der Waals surface area (Å²) in [5, 5.41) is 6.52. The zero-order chi connectivity index (χ0) is 5.11. The van der Waals surface area contributed by atoms with Crippen LogP contribution < -0.4 is 0 Å². The molecule has 0 aromatic rings. The van der Waals surface area contributed by atoms with Gasteiger partial charge in [0.05, 0.1) is 6.10 Å². The smallest absolute Gasteiger partial charge is 0.167 e. The van der Waals surface area contributed by atoms with Crippen molar-refractivity contribution >= 4 is 6.40 Å². The molecule has 1 aliphatic carbocycles. The van der Waals surface area contributed by atoms with E-state index < -0.39 is 0 Å². The van der Waals surface area contributed by atoms with Crippen molar-refractivity contribution in [1.29, 1.82) is 5.41 Å². The van der Waals surface area contributed by atoms with Crippen LogP contribution in [0.1, 0.15) is 19.3 Å². The molecule has 0 atom stereocenters. The second-order valence-electron chi connectivity index (χ2n) is 1.81. The van der Waals surface area contributed by atoms with Crippen LogP contribution in [0.25, 0.3) is 0 Å². The molecule has 0 heterocycles. The van der Waals surface area contributed by atoms with Crippen molar-refractivity contribution in [1.82, 2.24) is 0 Å². The van der Waals surface area contributed by atoms with E-state index in [1.54, 1.807) is 0 Å². The molecular formula is C5H9NO. The van der Waals surface area contributed by atoms with Gasteiger partial charge in [0.2, 0.25) is 0 Å². The molecule has 1 saturated carbocycles. The predicted molar refractivity (Wildman–Crippen MR) is 27.5 cm³/mol. The van der Waals surface area contributed by atoms with Gasteiger partial charge in [-0.2, -0.15) is 0 Å². The van der Waals surface area contributed by atoms with Crippen LogP contribution in [0.2, 0.25) is 0 Å². The Morgan fingerprint density at radius 3 is 2.43 bits per heavy atom. The summed E-state index contributed by atoms with van der Waals surface area (Å²) in [6.45, 7) is 0. The lowest BCUT2D eigenvalue weighted by Gasteiger charge is -2.23. The van der Waals surface area contributed by atoms with E-state index in [9.17, 15) is 0 Å². The van der Waals surface area contributed by atoms with E-state index in [-0.39, 0.29) is 0 Å². The van der Waals surface area contributed by atoms with Gasteiger partial charge < -0.3 is 4.74 Å². The highest BCUT2D eigenvalue weighted by Gasteiger charge is 2.16. The van der Waals surface area contributed by atoms with Gasteiger partial charge in [-0.05, 0) is 19.3 Å². The number of rotatable bonds is 2. The summed E-state index contributed by atoms with van der Waals surface area (Å²) in [5.41, 5.74) is 0. The first-order valence-electron chi connectivity index (χ1n) is 2.58. The Labute approximate surface area is 43.0 Å². The molecule has 1 rings (SSSR count). The third-order valence-corrected chi connectivity index (χ3v) is 1.31. The van der Waals surface area contributed by atoms with Gasteiger partial charge in [-0.15, -0.1) is 0 Å². The fourth-order valence-corrected chi connectivity index (χ4v) is 0.603. The van der Waals surface area contributed by atoms with Crippen LogP contribution in [0.15, 0.2) is 0 Å². The molecule has 0 aromatic heterocycles. The van der Waals surface area contributed by atoms with E-state index in [0.29, 0.717) is 6.10 Å². The van der Waals surface area contributed by atoms with Crippen molar-refractivity contribution in [2.45, 2.75) is 25.4 Å². The number of hydrogen-bond donors (Lipinski definition) is 1. The molecule has 1 aliphatic rings. The Kier molecular flexibility index (Phi) is 1.29. The van der Waals surface area contributed by atoms with Gasteiger partial charge in [0.25, 0.3) is 0 Å². The summed E-state index contributed by atoms with van der Waals surface area (Å²) >= 11 is 0. The van der Waals surface area contributed by atoms with E-state index in [1.807, 2.05) is 0 Å². The maximum absolute atomic E-state index is 6.52. The summed E-state index contributed by atoms with van der Waals surface area (Å²) in [5.74, 6) is 0. The first-order chi connectivity index (χ1) is 3.43. The zero-order valence-corrected chi connectivity index (χ0v) is 4.18. The van der Waals surface area contributed by atoms with Crippen LogP contribution in [0.3, 0.4) is 0 Å². The van der Waals surface area contributed by atoms with Crippen LogP contribution in [0.5, 0.6) is 0 Å². The van der Waals surface area contributed by atoms with Crippen LogP contribution in [0, 0.1) is 5.41 Å². The molecule has 0 unspecified atom stereocenters. The van der Waals surface area contributed by atoms with E-state index in [4.69, 9.17) is 10.1 Å². The molecule has 0 aromatic carbocycles. The van der Waals surface area contributed by atoms with E-state index in [0.717, 1.165) is 19.2 Å². The molecule has 7 heavy (non-hydrogen) atoms. The van der Waals surface area contributed by atoms with Crippen molar-refractivity contribution in [3.63, 3.8) is 0 Å². The van der Waals surface area contributed by atoms with E-state index in [2.05, 4.69) is 0 Å². The minimum Gasteiger partial charge on any atom is -0.481 e. The molecule has 0 radical (unpaired) electrons. The van der Waals surface area contributed by atoms with Crippen LogP contribution in [-0.2, 0) is 4.74 Å². The highest BCUT2D eigenvalue weighted by atomic mass is 16.5. The third kappa shape index (κ3) is 0.918. The Morgan fingerprint density at radius 1 is 1.57 bits per heavy atom. The molecule has 0 aliphatic heterocycles. The molecule has 1 N–H and O–H groups in total. The summed E-state index contributed by atoms with van der Waals surface area (Å²) < 4.78 is 4.82. The summed E-state index contributed by atoms with van der Waals surface area (Å²) in [7, 11) is 0. The fourth-order valence-electron chi connectivity index (χ4n) is 0.603. The second-order valence-corrected chi connectivity index (χ2v) is 1.81. The van der Waals surface area contributed by atoms with Crippen molar-refractivity contribution in [2.75, 3.05) is 0 Å². The van der Waals surface area contributed by atoms with Gasteiger partial charge in [-0.25, -0.2) is 0 Å². The lowest BCUT2D eigenvalue weighted by atomic mass is 9.96. The lowest BCUT2D eigenvalue weighted by Crippen LogP contribution is -2.20. The Balaban J connectivity index is 2.03. The molecule has 1 fully saturated rings. The Bertz CT molecular complexity index is 68.5. The average molecular weight is 99.1 g/mol. The molecule has 0 saturated heterocycles. The fraction of sp³-hybridized carbons (Fsp3) is 0.800. The normalized spacial score (nSPS) is 20.6. The molecule has 2 nitrogen and oxygen atoms in total. The number of hydrogen-bond acceptors (Lipinski definition) is 2. The monoisotopic (exact) mass is 99.1 g/mol. The molecule has 0 bridgehead atoms. The molecule has 2 heteroatoms. The number of nitrogens with one attached hydrogen (secondary N) is 1. The van der Waals surface area contributed by atoms with Gasteiger partial charge in [0.15, 0.2) is 6.40 Å². The Morgan fingerprint density at radius 2 is 2.29 bits per heavy atom. The first kappa shape index (κ1) is 4.62. The summed E-state index contributed by atoms with van der Waals surface area (Å²) in [4.78, 5) is 0. The number of ether oxygens (including phenoxy) is 1. The SMILES string of the molecule is N=COC1CCC1. The average Bonchev–Trinajstić information content (AvgIpc) is 1.55. The van der Waals surface area contributed by atoms with E-state index in [1.165, 1.54) is 6.42 Å². The van der Waals surface area contributed by atoms with Crippen LogP contribution >= 0.6 is 0 Å². The predicted octanol–water partition coefficient (Wildman–Crippen LogP) is 1.16. The maximum Gasteiger partial charge on any atom is 0.167 e. The van der Waals surface area contributed by atoms with Gasteiger partial charge >= 0.3 is 0 Å². The third-order valence-electron chi connectivity index (χ3n) is 1.31. The van der Waals surface area contributed by atoms with Crippen LogP contribution in [-0.4, -0.2) is 12.5 Å². The largest absolute Gasteiger partial charge is 0.481 e. The highest BCUT2D eigenvalue weighted by molar-refractivity contribution is 5.41. The molecule has 40 valence electrons. The van der Waals surface area contributed by atoms with Gasteiger partial charge in [0.1, 0.15) is 0 Å². The van der Waals surface area contributed by atoms with Gasteiger partial charge in [-0.1, -0.05) is 0 Å². The minimum atomic E-state index is 0.387. The minimum absolute atomic E-state index is 0.387.